The molecule has 2 heteroatoms. The summed E-state index contributed by atoms with van der Waals surface area (Å²) in [6.45, 7) is 10.3. The van der Waals surface area contributed by atoms with Crippen molar-refractivity contribution in [3.05, 3.63) is 29.8 Å². The fourth-order valence-electron chi connectivity index (χ4n) is 2.69. The third-order valence-electron chi connectivity index (χ3n) is 3.88. The van der Waals surface area contributed by atoms with Gasteiger partial charge in [0.2, 0.25) is 0 Å². The maximum absolute atomic E-state index is 3.28. The number of anilines is 1. The molecule has 1 saturated heterocycles. The predicted molar refractivity (Wildman–Crippen MR) is 79.4 cm³/mol. The predicted octanol–water partition coefficient (Wildman–Crippen LogP) is 3.03. The molecule has 0 bridgehead atoms. The summed E-state index contributed by atoms with van der Waals surface area (Å²) in [5, 5.41) is 3.28. The van der Waals surface area contributed by atoms with Crippen molar-refractivity contribution in [2.75, 3.05) is 31.6 Å². The monoisotopic (exact) mass is 246 g/mol. The third kappa shape index (κ3) is 3.05. The summed E-state index contributed by atoms with van der Waals surface area (Å²) in [6, 6.07) is 9.12. The van der Waals surface area contributed by atoms with Gasteiger partial charge in [-0.05, 0) is 49.0 Å². The third-order valence-corrected chi connectivity index (χ3v) is 3.88. The average Bonchev–Trinajstić information content (AvgIpc) is 2.77. The fourth-order valence-corrected chi connectivity index (χ4v) is 2.69. The summed E-state index contributed by atoms with van der Waals surface area (Å²) < 4.78 is 0. The highest BCUT2D eigenvalue weighted by molar-refractivity contribution is 5.49. The van der Waals surface area contributed by atoms with Crippen molar-refractivity contribution in [3.8, 4) is 0 Å². The second-order valence-corrected chi connectivity index (χ2v) is 6.46. The van der Waals surface area contributed by atoms with E-state index >= 15 is 0 Å². The standard InChI is InChI=1S/C16H26N2/c1-16(2,3)14-5-7-15(8-6-14)18-10-9-13(12-18)11-17-4/h5-8,13,17H,9-12H2,1-4H3. The van der Waals surface area contributed by atoms with Crippen molar-refractivity contribution >= 4 is 5.69 Å². The zero-order valence-corrected chi connectivity index (χ0v) is 12.2. The van der Waals surface area contributed by atoms with Crippen molar-refractivity contribution in [1.82, 2.24) is 5.32 Å². The molecule has 0 amide bonds. The van der Waals surface area contributed by atoms with Crippen LogP contribution in [0.1, 0.15) is 32.8 Å². The maximum Gasteiger partial charge on any atom is 0.0366 e. The van der Waals surface area contributed by atoms with Crippen LogP contribution >= 0.6 is 0 Å². The highest BCUT2D eigenvalue weighted by Crippen LogP contribution is 2.27. The van der Waals surface area contributed by atoms with Gasteiger partial charge in [-0.1, -0.05) is 32.9 Å². The Hall–Kier alpha value is -1.02. The van der Waals surface area contributed by atoms with Crippen LogP contribution < -0.4 is 10.2 Å². The molecule has 18 heavy (non-hydrogen) atoms. The van der Waals surface area contributed by atoms with Crippen molar-refractivity contribution in [3.63, 3.8) is 0 Å². The van der Waals surface area contributed by atoms with Crippen molar-refractivity contribution in [2.45, 2.75) is 32.6 Å². The Labute approximate surface area is 111 Å². The van der Waals surface area contributed by atoms with E-state index < -0.39 is 0 Å². The molecule has 1 unspecified atom stereocenters. The fraction of sp³-hybridized carbons (Fsp3) is 0.625. The topological polar surface area (TPSA) is 15.3 Å². The zero-order chi connectivity index (χ0) is 13.2. The molecule has 0 aliphatic carbocycles. The van der Waals surface area contributed by atoms with E-state index in [1.807, 2.05) is 7.05 Å². The number of hydrogen-bond donors (Lipinski definition) is 1. The number of hydrogen-bond acceptors (Lipinski definition) is 2. The van der Waals surface area contributed by atoms with E-state index in [2.05, 4.69) is 55.3 Å². The molecule has 1 atom stereocenters. The zero-order valence-electron chi connectivity index (χ0n) is 12.2. The van der Waals surface area contributed by atoms with E-state index in [-0.39, 0.29) is 5.41 Å². The van der Waals surface area contributed by atoms with Gasteiger partial charge in [0, 0.05) is 18.8 Å². The lowest BCUT2D eigenvalue weighted by Gasteiger charge is -2.22. The summed E-state index contributed by atoms with van der Waals surface area (Å²) in [4.78, 5) is 2.51. The van der Waals surface area contributed by atoms with Crippen LogP contribution in [-0.4, -0.2) is 26.7 Å². The number of nitrogens with zero attached hydrogens (tertiary/aromatic N) is 1. The largest absolute Gasteiger partial charge is 0.371 e. The Bertz CT molecular complexity index is 375. The minimum atomic E-state index is 0.248. The van der Waals surface area contributed by atoms with Crippen LogP contribution in [0.25, 0.3) is 0 Å². The molecule has 1 fully saturated rings. The van der Waals surface area contributed by atoms with E-state index in [4.69, 9.17) is 0 Å². The van der Waals surface area contributed by atoms with E-state index in [1.54, 1.807) is 0 Å². The molecule has 0 saturated carbocycles. The maximum atomic E-state index is 3.28. The quantitative estimate of drug-likeness (QED) is 0.882. The Morgan fingerprint density at radius 3 is 2.44 bits per heavy atom. The van der Waals surface area contributed by atoms with Gasteiger partial charge in [0.05, 0.1) is 0 Å². The van der Waals surface area contributed by atoms with Crippen LogP contribution in [0.2, 0.25) is 0 Å². The number of rotatable bonds is 3. The van der Waals surface area contributed by atoms with Gasteiger partial charge in [0.1, 0.15) is 0 Å². The molecule has 1 aliphatic heterocycles. The Morgan fingerprint density at radius 1 is 1.22 bits per heavy atom. The minimum Gasteiger partial charge on any atom is -0.371 e. The SMILES string of the molecule is CNCC1CCN(c2ccc(C(C)(C)C)cc2)C1. The van der Waals surface area contributed by atoms with E-state index in [0.717, 1.165) is 12.5 Å². The second kappa shape index (κ2) is 5.31. The molecule has 2 nitrogen and oxygen atoms in total. The first kappa shape index (κ1) is 13.4. The second-order valence-electron chi connectivity index (χ2n) is 6.46. The highest BCUT2D eigenvalue weighted by atomic mass is 15.2. The van der Waals surface area contributed by atoms with E-state index in [0.29, 0.717) is 0 Å². The van der Waals surface area contributed by atoms with Crippen LogP contribution in [0.3, 0.4) is 0 Å². The summed E-state index contributed by atoms with van der Waals surface area (Å²) in [6.07, 6.45) is 1.31. The minimum absolute atomic E-state index is 0.248. The van der Waals surface area contributed by atoms with E-state index in [1.165, 1.54) is 30.8 Å². The smallest absolute Gasteiger partial charge is 0.0366 e. The first-order valence-electron chi connectivity index (χ1n) is 7.01. The van der Waals surface area contributed by atoms with Crippen LogP contribution in [0.5, 0.6) is 0 Å². The molecule has 2 rings (SSSR count). The Morgan fingerprint density at radius 2 is 1.89 bits per heavy atom. The van der Waals surface area contributed by atoms with E-state index in [9.17, 15) is 0 Å². The molecule has 0 radical (unpaired) electrons. The number of nitrogens with one attached hydrogen (secondary N) is 1. The number of benzene rings is 1. The van der Waals surface area contributed by atoms with Crippen molar-refractivity contribution < 1.29 is 0 Å². The molecule has 1 heterocycles. The molecule has 1 aliphatic rings. The molecule has 1 N–H and O–H groups in total. The lowest BCUT2D eigenvalue weighted by atomic mass is 9.87. The first-order chi connectivity index (χ1) is 8.50. The molecule has 0 spiro atoms. The average molecular weight is 246 g/mol. The Balaban J connectivity index is 2.03. The van der Waals surface area contributed by atoms with Crippen molar-refractivity contribution in [1.29, 1.82) is 0 Å². The first-order valence-corrected chi connectivity index (χ1v) is 7.01. The molecule has 1 aromatic carbocycles. The normalized spacial score (nSPS) is 20.4. The van der Waals surface area contributed by atoms with Gasteiger partial charge in [-0.25, -0.2) is 0 Å². The summed E-state index contributed by atoms with van der Waals surface area (Å²) >= 11 is 0. The van der Waals surface area contributed by atoms with Crippen LogP contribution in [0.4, 0.5) is 5.69 Å². The molecule has 100 valence electrons. The lowest BCUT2D eigenvalue weighted by molar-refractivity contribution is 0.549. The molecule has 0 aromatic heterocycles. The highest BCUT2D eigenvalue weighted by Gasteiger charge is 2.22. The summed E-state index contributed by atoms with van der Waals surface area (Å²) in [5.74, 6) is 0.803. The lowest BCUT2D eigenvalue weighted by Crippen LogP contribution is -2.24. The van der Waals surface area contributed by atoms with Crippen LogP contribution in [0.15, 0.2) is 24.3 Å². The van der Waals surface area contributed by atoms with Gasteiger partial charge in [0.15, 0.2) is 0 Å². The van der Waals surface area contributed by atoms with Gasteiger partial charge in [-0.3, -0.25) is 0 Å². The Kier molecular flexibility index (Phi) is 3.96. The van der Waals surface area contributed by atoms with Gasteiger partial charge in [-0.2, -0.15) is 0 Å². The van der Waals surface area contributed by atoms with Gasteiger partial charge in [0.25, 0.3) is 0 Å². The van der Waals surface area contributed by atoms with Gasteiger partial charge in [-0.15, -0.1) is 0 Å². The summed E-state index contributed by atoms with van der Waals surface area (Å²) in [5.41, 5.74) is 3.04. The van der Waals surface area contributed by atoms with Crippen LogP contribution in [0, 0.1) is 5.92 Å². The van der Waals surface area contributed by atoms with Crippen LogP contribution in [-0.2, 0) is 5.41 Å². The molecular weight excluding hydrogens is 220 g/mol. The van der Waals surface area contributed by atoms with Crippen molar-refractivity contribution in [2.24, 2.45) is 5.92 Å². The summed E-state index contributed by atoms with van der Waals surface area (Å²) in [7, 11) is 2.04. The molecule has 1 aromatic rings. The molecular formula is C16H26N2. The van der Waals surface area contributed by atoms with Gasteiger partial charge < -0.3 is 10.2 Å². The van der Waals surface area contributed by atoms with Gasteiger partial charge >= 0.3 is 0 Å².